The lowest BCUT2D eigenvalue weighted by molar-refractivity contribution is 0.588. The average Bonchev–Trinajstić information content (AvgIpc) is 2.37. The predicted octanol–water partition coefficient (Wildman–Crippen LogP) is 5.06. The minimum atomic E-state index is 0.190. The summed E-state index contributed by atoms with van der Waals surface area (Å²) in [5, 5.41) is 0. The summed E-state index contributed by atoms with van der Waals surface area (Å²) in [6, 6.07) is 17.3. The fourth-order valence-corrected chi connectivity index (χ4v) is 2.49. The van der Waals surface area contributed by atoms with Gasteiger partial charge in [-0.2, -0.15) is 0 Å². The van der Waals surface area contributed by atoms with Crippen LogP contribution < -0.4 is 0 Å². The number of hydrogen-bond acceptors (Lipinski definition) is 1. The van der Waals surface area contributed by atoms with Crippen molar-refractivity contribution in [2.45, 2.75) is 43.9 Å². The van der Waals surface area contributed by atoms with Crippen molar-refractivity contribution in [2.75, 3.05) is 0 Å². The molecule has 0 spiro atoms. The molecule has 2 aromatic carbocycles. The second-order valence-corrected chi connectivity index (χ2v) is 6.56. The molecule has 0 bridgehead atoms. The van der Waals surface area contributed by atoms with E-state index >= 15 is 0 Å². The van der Waals surface area contributed by atoms with Crippen molar-refractivity contribution < 1.29 is 0 Å². The summed E-state index contributed by atoms with van der Waals surface area (Å²) in [5.41, 5.74) is 4.26. The molecule has 0 aliphatic rings. The molecule has 0 aliphatic heterocycles. The lowest BCUT2D eigenvalue weighted by Crippen LogP contribution is -2.11. The molecule has 2 aromatic rings. The highest BCUT2D eigenvalue weighted by molar-refractivity contribution is 7.80. The van der Waals surface area contributed by atoms with Crippen LogP contribution in [0.4, 0.5) is 0 Å². The van der Waals surface area contributed by atoms with Crippen LogP contribution in [0.5, 0.6) is 0 Å². The van der Waals surface area contributed by atoms with Crippen LogP contribution in [0, 0.1) is 0 Å². The predicted molar refractivity (Wildman–Crippen MR) is 86.2 cm³/mol. The molecular formula is C18H22S. The summed E-state index contributed by atoms with van der Waals surface area (Å²) in [7, 11) is 0. The van der Waals surface area contributed by atoms with Gasteiger partial charge in [0.15, 0.2) is 0 Å². The molecule has 0 aliphatic carbocycles. The lowest BCUT2D eigenvalue weighted by Gasteiger charge is -2.20. The third kappa shape index (κ3) is 3.87. The molecule has 2 rings (SSSR count). The van der Waals surface area contributed by atoms with Crippen LogP contribution in [0.25, 0.3) is 0 Å². The van der Waals surface area contributed by atoms with Gasteiger partial charge < -0.3 is 0 Å². The Morgan fingerprint density at radius 1 is 0.895 bits per heavy atom. The van der Waals surface area contributed by atoms with Crippen molar-refractivity contribution >= 4 is 12.6 Å². The fourth-order valence-electron chi connectivity index (χ4n) is 2.17. The van der Waals surface area contributed by atoms with Crippen LogP contribution in [0.15, 0.2) is 53.4 Å². The fraction of sp³-hybridized carbons (Fsp3) is 0.333. The highest BCUT2D eigenvalue weighted by atomic mass is 32.1. The van der Waals surface area contributed by atoms with E-state index < -0.39 is 0 Å². The summed E-state index contributed by atoms with van der Waals surface area (Å²) >= 11 is 4.65. The molecule has 0 atom stereocenters. The molecule has 0 saturated heterocycles. The molecule has 100 valence electrons. The number of thiol groups is 1. The van der Waals surface area contributed by atoms with Gasteiger partial charge in [-0.1, -0.05) is 63.2 Å². The van der Waals surface area contributed by atoms with Crippen molar-refractivity contribution in [1.82, 2.24) is 0 Å². The summed E-state index contributed by atoms with van der Waals surface area (Å²) in [4.78, 5) is 1.11. The van der Waals surface area contributed by atoms with E-state index in [0.29, 0.717) is 0 Å². The van der Waals surface area contributed by atoms with Crippen LogP contribution in [0.3, 0.4) is 0 Å². The van der Waals surface area contributed by atoms with Gasteiger partial charge >= 0.3 is 0 Å². The zero-order chi connectivity index (χ0) is 13.9. The molecule has 0 heterocycles. The number of benzene rings is 2. The van der Waals surface area contributed by atoms with Gasteiger partial charge in [-0.3, -0.25) is 0 Å². The molecular weight excluding hydrogens is 248 g/mol. The number of hydrogen-bond donors (Lipinski definition) is 1. The second kappa shape index (κ2) is 5.83. The van der Waals surface area contributed by atoms with Gasteiger partial charge in [-0.15, -0.1) is 12.6 Å². The van der Waals surface area contributed by atoms with E-state index in [1.54, 1.807) is 0 Å². The average molecular weight is 270 g/mol. The first-order chi connectivity index (χ1) is 8.97. The summed E-state index contributed by atoms with van der Waals surface area (Å²) < 4.78 is 0. The van der Waals surface area contributed by atoms with Crippen LogP contribution in [-0.2, 0) is 18.3 Å². The zero-order valence-corrected chi connectivity index (χ0v) is 12.9. The Hall–Kier alpha value is -1.21. The third-order valence-corrected chi connectivity index (χ3v) is 3.89. The molecule has 0 radical (unpaired) electrons. The highest BCUT2D eigenvalue weighted by Gasteiger charge is 2.14. The van der Waals surface area contributed by atoms with Crippen molar-refractivity contribution in [1.29, 1.82) is 0 Å². The Bertz CT molecular complexity index is 535. The molecule has 0 saturated carbocycles. The topological polar surface area (TPSA) is 0 Å². The molecule has 0 fully saturated rings. The Balaban J connectivity index is 2.10. The van der Waals surface area contributed by atoms with E-state index in [4.69, 9.17) is 0 Å². The van der Waals surface area contributed by atoms with Crippen LogP contribution in [-0.4, -0.2) is 0 Å². The maximum atomic E-state index is 4.65. The quantitative estimate of drug-likeness (QED) is 0.741. The Morgan fingerprint density at radius 2 is 1.58 bits per heavy atom. The van der Waals surface area contributed by atoms with Gasteiger partial charge in [0.05, 0.1) is 0 Å². The first-order valence-corrected chi connectivity index (χ1v) is 7.28. The lowest BCUT2D eigenvalue weighted by atomic mass is 9.86. The van der Waals surface area contributed by atoms with E-state index in [9.17, 15) is 0 Å². The molecule has 0 unspecified atom stereocenters. The van der Waals surface area contributed by atoms with E-state index in [0.717, 1.165) is 17.7 Å². The van der Waals surface area contributed by atoms with E-state index in [2.05, 4.69) is 81.9 Å². The standard InChI is InChI=1S/C18H22S/c1-18(2,3)16-12-11-15(17(19)13-16)10-9-14-7-5-4-6-8-14/h4-8,11-13,19H,9-10H2,1-3H3. The summed E-state index contributed by atoms with van der Waals surface area (Å²) in [5.74, 6) is 0. The van der Waals surface area contributed by atoms with Crippen LogP contribution in [0.1, 0.15) is 37.5 Å². The smallest absolute Gasteiger partial charge is 0.00751 e. The highest BCUT2D eigenvalue weighted by Crippen LogP contribution is 2.26. The molecule has 19 heavy (non-hydrogen) atoms. The van der Waals surface area contributed by atoms with Crippen LogP contribution in [0.2, 0.25) is 0 Å². The van der Waals surface area contributed by atoms with Crippen LogP contribution >= 0.6 is 12.6 Å². The molecule has 0 N–H and O–H groups in total. The minimum absolute atomic E-state index is 0.190. The zero-order valence-electron chi connectivity index (χ0n) is 12.0. The number of rotatable bonds is 3. The SMILES string of the molecule is CC(C)(C)c1ccc(CCc2ccccc2)c(S)c1. The van der Waals surface area contributed by atoms with Gasteiger partial charge in [0.25, 0.3) is 0 Å². The third-order valence-electron chi connectivity index (χ3n) is 3.48. The Kier molecular flexibility index (Phi) is 4.36. The first kappa shape index (κ1) is 14.2. The van der Waals surface area contributed by atoms with E-state index in [1.165, 1.54) is 16.7 Å². The summed E-state index contributed by atoms with van der Waals surface area (Å²) in [6.07, 6.45) is 2.12. The van der Waals surface area contributed by atoms with Crippen molar-refractivity contribution in [3.05, 3.63) is 65.2 Å². The second-order valence-electron chi connectivity index (χ2n) is 6.08. The molecule has 0 nitrogen and oxygen atoms in total. The van der Waals surface area contributed by atoms with E-state index in [1.807, 2.05) is 0 Å². The summed E-state index contributed by atoms with van der Waals surface area (Å²) in [6.45, 7) is 6.71. The normalized spacial score (nSPS) is 11.6. The van der Waals surface area contributed by atoms with Crippen molar-refractivity contribution in [2.24, 2.45) is 0 Å². The maximum absolute atomic E-state index is 4.65. The Labute approximate surface area is 122 Å². The molecule has 1 heteroatoms. The van der Waals surface area contributed by atoms with Crippen molar-refractivity contribution in [3.8, 4) is 0 Å². The van der Waals surface area contributed by atoms with Gasteiger partial charge in [0.1, 0.15) is 0 Å². The maximum Gasteiger partial charge on any atom is 0.00751 e. The minimum Gasteiger partial charge on any atom is -0.143 e. The van der Waals surface area contributed by atoms with Gasteiger partial charge in [0.2, 0.25) is 0 Å². The van der Waals surface area contributed by atoms with Crippen molar-refractivity contribution in [3.63, 3.8) is 0 Å². The molecule has 0 aromatic heterocycles. The largest absolute Gasteiger partial charge is 0.143 e. The van der Waals surface area contributed by atoms with Gasteiger partial charge in [0, 0.05) is 4.90 Å². The first-order valence-electron chi connectivity index (χ1n) is 6.83. The van der Waals surface area contributed by atoms with Gasteiger partial charge in [-0.05, 0) is 41.0 Å². The monoisotopic (exact) mass is 270 g/mol. The van der Waals surface area contributed by atoms with Gasteiger partial charge in [-0.25, -0.2) is 0 Å². The van der Waals surface area contributed by atoms with E-state index in [-0.39, 0.29) is 5.41 Å². The Morgan fingerprint density at radius 3 is 2.16 bits per heavy atom. The molecule has 0 amide bonds. The number of aryl methyl sites for hydroxylation is 2.